The summed E-state index contributed by atoms with van der Waals surface area (Å²) in [6, 6.07) is 0. The second-order valence-corrected chi connectivity index (χ2v) is 4.02. The number of aliphatic hydroxyl groups excluding tert-OH is 1. The van der Waals surface area contributed by atoms with Gasteiger partial charge in [-0.05, 0) is 0 Å². The zero-order valence-corrected chi connectivity index (χ0v) is 14.7. The Kier molecular flexibility index (Phi) is 13.4. The predicted molar refractivity (Wildman–Crippen MR) is 81.7 cm³/mol. The SMILES string of the molecule is CO.COC(=O)OC.Cn1cc[n+](C)c1C(=O)[O-].Cn1ccnc1. The van der Waals surface area contributed by atoms with Gasteiger partial charge in [0.25, 0.3) is 0 Å². The van der Waals surface area contributed by atoms with Gasteiger partial charge < -0.3 is 29.0 Å². The Balaban J connectivity index is 0. The van der Waals surface area contributed by atoms with Crippen LogP contribution < -0.4 is 9.67 Å². The number of ether oxygens (including phenoxy) is 2. The van der Waals surface area contributed by atoms with Gasteiger partial charge in [-0.25, -0.2) is 18.9 Å². The number of carbonyl (C=O) groups excluding carboxylic acids is 2. The van der Waals surface area contributed by atoms with E-state index in [1.165, 1.54) is 23.4 Å². The summed E-state index contributed by atoms with van der Waals surface area (Å²) in [5.41, 5.74) is 0. The maximum Gasteiger partial charge on any atom is 0.507 e. The lowest BCUT2D eigenvalue weighted by atomic mass is 10.6. The molecule has 0 aliphatic rings. The molecule has 10 nitrogen and oxygen atoms in total. The minimum Gasteiger partial charge on any atom is -0.538 e. The molecule has 2 aromatic heterocycles. The van der Waals surface area contributed by atoms with Crippen molar-refractivity contribution in [3.05, 3.63) is 36.9 Å². The Hall–Kier alpha value is -2.88. The maximum atomic E-state index is 10.4. The van der Waals surface area contributed by atoms with Crippen LogP contribution in [0.3, 0.4) is 0 Å². The highest BCUT2D eigenvalue weighted by Gasteiger charge is 2.10. The number of hydrogen-bond donors (Lipinski definition) is 1. The van der Waals surface area contributed by atoms with Crippen molar-refractivity contribution in [2.45, 2.75) is 0 Å². The molecule has 136 valence electrons. The molecule has 2 heterocycles. The van der Waals surface area contributed by atoms with Crippen molar-refractivity contribution in [2.75, 3.05) is 21.3 Å². The number of nitrogens with zero attached hydrogens (tertiary/aromatic N) is 4. The Morgan fingerprint density at radius 1 is 1.21 bits per heavy atom. The summed E-state index contributed by atoms with van der Waals surface area (Å²) >= 11 is 0. The number of aliphatic hydroxyl groups is 1. The smallest absolute Gasteiger partial charge is 0.507 e. The summed E-state index contributed by atoms with van der Waals surface area (Å²) in [6.45, 7) is 0. The van der Waals surface area contributed by atoms with E-state index in [9.17, 15) is 14.7 Å². The summed E-state index contributed by atoms with van der Waals surface area (Å²) in [5.74, 6) is -0.991. The number of imidazole rings is 2. The molecule has 0 bridgehead atoms. The van der Waals surface area contributed by atoms with Crippen LogP contribution in [0.1, 0.15) is 10.6 Å². The van der Waals surface area contributed by atoms with Crippen LogP contribution in [0.2, 0.25) is 0 Å². The van der Waals surface area contributed by atoms with Gasteiger partial charge in [-0.2, -0.15) is 0 Å². The van der Waals surface area contributed by atoms with Crippen LogP contribution in [-0.2, 0) is 30.6 Å². The van der Waals surface area contributed by atoms with Crippen LogP contribution in [0.15, 0.2) is 31.1 Å². The van der Waals surface area contributed by atoms with Crippen molar-refractivity contribution in [1.82, 2.24) is 14.1 Å². The number of carboxylic acids is 1. The number of carboxylic acid groups (broad SMARTS) is 1. The molecular formula is C14H24N4O6. The van der Waals surface area contributed by atoms with Gasteiger partial charge in [-0.15, -0.1) is 0 Å². The number of aromatic carboxylic acids is 1. The molecule has 0 fully saturated rings. The van der Waals surface area contributed by atoms with Crippen molar-refractivity contribution in [1.29, 1.82) is 0 Å². The fourth-order valence-corrected chi connectivity index (χ4v) is 1.29. The Labute approximate surface area is 140 Å². The Morgan fingerprint density at radius 3 is 1.88 bits per heavy atom. The molecule has 0 saturated carbocycles. The van der Waals surface area contributed by atoms with E-state index in [1.807, 2.05) is 17.8 Å². The topological polar surface area (TPSA) is 123 Å². The molecule has 0 spiro atoms. The van der Waals surface area contributed by atoms with Crippen molar-refractivity contribution < 1.29 is 33.8 Å². The highest BCUT2D eigenvalue weighted by atomic mass is 16.7. The number of hydrogen-bond acceptors (Lipinski definition) is 7. The first-order valence-electron chi connectivity index (χ1n) is 6.54. The van der Waals surface area contributed by atoms with Crippen molar-refractivity contribution in [3.8, 4) is 0 Å². The van der Waals surface area contributed by atoms with Gasteiger partial charge in [0.1, 0.15) is 12.4 Å². The van der Waals surface area contributed by atoms with Crippen LogP contribution in [0.25, 0.3) is 0 Å². The minimum atomic E-state index is -1.16. The van der Waals surface area contributed by atoms with E-state index in [0.717, 1.165) is 7.11 Å². The van der Waals surface area contributed by atoms with Gasteiger partial charge in [0.15, 0.2) is 5.97 Å². The minimum absolute atomic E-state index is 0.167. The predicted octanol–water partition coefficient (Wildman–Crippen LogP) is -1.36. The normalized spacial score (nSPS) is 8.29. The van der Waals surface area contributed by atoms with Gasteiger partial charge in [-0.1, -0.05) is 0 Å². The van der Waals surface area contributed by atoms with E-state index in [2.05, 4.69) is 14.5 Å². The molecule has 2 aromatic rings. The van der Waals surface area contributed by atoms with Crippen molar-refractivity contribution >= 4 is 12.1 Å². The fraction of sp³-hybridized carbons (Fsp3) is 0.429. The van der Waals surface area contributed by atoms with Gasteiger partial charge >= 0.3 is 12.0 Å². The number of rotatable bonds is 1. The molecule has 0 aliphatic carbocycles. The third-order valence-corrected chi connectivity index (χ3v) is 2.33. The largest absolute Gasteiger partial charge is 0.538 e. The second kappa shape index (κ2) is 13.8. The van der Waals surface area contributed by atoms with E-state index in [0.29, 0.717) is 0 Å². The summed E-state index contributed by atoms with van der Waals surface area (Å²) < 4.78 is 13.0. The Morgan fingerprint density at radius 2 is 1.75 bits per heavy atom. The first kappa shape index (κ1) is 23.4. The van der Waals surface area contributed by atoms with Crippen LogP contribution >= 0.6 is 0 Å². The third kappa shape index (κ3) is 9.95. The standard InChI is InChI=1S/C6H8N2O2.C4H6N2.C3H6O3.CH4O/c1-7-3-4-8(2)5(7)6(9)10;1-6-3-2-5-4-6;1-5-3(4)6-2;1-2/h3-4H,1-2H3;2-4H,1H3;1-2H3;2H,1H3. The van der Waals surface area contributed by atoms with E-state index in [1.54, 1.807) is 39.0 Å². The molecular weight excluding hydrogens is 320 g/mol. The fourth-order valence-electron chi connectivity index (χ4n) is 1.29. The molecule has 0 unspecified atom stereocenters. The summed E-state index contributed by atoms with van der Waals surface area (Å²) in [5, 5.41) is 17.4. The molecule has 10 heteroatoms. The Bertz CT molecular complexity index is 555. The van der Waals surface area contributed by atoms with E-state index in [-0.39, 0.29) is 5.82 Å². The zero-order chi connectivity index (χ0) is 19.1. The first-order valence-corrected chi connectivity index (χ1v) is 6.54. The van der Waals surface area contributed by atoms with Gasteiger partial charge in [-0.3, -0.25) is 0 Å². The average molecular weight is 344 g/mol. The zero-order valence-electron chi connectivity index (χ0n) is 14.7. The summed E-state index contributed by atoms with van der Waals surface area (Å²) in [6.07, 6.45) is 8.05. The molecule has 0 amide bonds. The lowest BCUT2D eigenvalue weighted by molar-refractivity contribution is -0.675. The van der Waals surface area contributed by atoms with Crippen LogP contribution in [-0.4, -0.2) is 52.7 Å². The van der Waals surface area contributed by atoms with E-state index in [4.69, 9.17) is 5.11 Å². The monoisotopic (exact) mass is 344 g/mol. The maximum absolute atomic E-state index is 10.4. The van der Waals surface area contributed by atoms with Crippen molar-refractivity contribution in [3.63, 3.8) is 0 Å². The highest BCUT2D eigenvalue weighted by Crippen LogP contribution is 1.87. The van der Waals surface area contributed by atoms with Crippen LogP contribution in [0.4, 0.5) is 4.79 Å². The molecule has 0 radical (unpaired) electrons. The molecule has 0 atom stereocenters. The van der Waals surface area contributed by atoms with E-state index >= 15 is 0 Å². The summed E-state index contributed by atoms with van der Waals surface area (Å²) in [4.78, 5) is 23.9. The lowest BCUT2D eigenvalue weighted by Gasteiger charge is -1.96. The number of carbonyl (C=O) groups is 2. The average Bonchev–Trinajstić information content (AvgIpc) is 3.18. The second-order valence-electron chi connectivity index (χ2n) is 4.02. The molecule has 1 N–H and O–H groups in total. The molecule has 0 aromatic carbocycles. The van der Waals surface area contributed by atoms with Crippen LogP contribution in [0.5, 0.6) is 0 Å². The molecule has 0 aliphatic heterocycles. The molecule has 2 rings (SSSR count). The van der Waals surface area contributed by atoms with Crippen LogP contribution in [0, 0.1) is 0 Å². The molecule has 0 saturated heterocycles. The highest BCUT2D eigenvalue weighted by molar-refractivity contribution is 5.79. The molecule has 24 heavy (non-hydrogen) atoms. The number of aryl methyl sites for hydroxylation is 3. The quantitative estimate of drug-likeness (QED) is 0.501. The van der Waals surface area contributed by atoms with E-state index < -0.39 is 12.1 Å². The third-order valence-electron chi connectivity index (χ3n) is 2.33. The first-order chi connectivity index (χ1) is 11.3. The summed E-state index contributed by atoms with van der Waals surface area (Å²) in [7, 11) is 8.76. The number of methoxy groups -OCH3 is 2. The lowest BCUT2D eigenvalue weighted by Crippen LogP contribution is -2.41. The van der Waals surface area contributed by atoms with Gasteiger partial charge in [0, 0.05) is 26.6 Å². The van der Waals surface area contributed by atoms with Crippen molar-refractivity contribution in [2.24, 2.45) is 21.1 Å². The van der Waals surface area contributed by atoms with Gasteiger partial charge in [0.05, 0.1) is 34.6 Å². The van der Waals surface area contributed by atoms with Gasteiger partial charge in [0.2, 0.25) is 0 Å². The number of aromatic nitrogens is 4.